The second-order valence-corrected chi connectivity index (χ2v) is 8.63. The quantitative estimate of drug-likeness (QED) is 0.650. The smallest absolute Gasteiger partial charge is 0.305 e. The lowest BCUT2D eigenvalue weighted by molar-refractivity contribution is -0.138. The van der Waals surface area contributed by atoms with Crippen LogP contribution in [-0.4, -0.2) is 34.3 Å². The average molecular weight is 436 g/mol. The van der Waals surface area contributed by atoms with Crippen molar-refractivity contribution >= 4 is 50.9 Å². The van der Waals surface area contributed by atoms with Crippen LogP contribution < -0.4 is 9.64 Å². The molecule has 0 saturated heterocycles. The van der Waals surface area contributed by atoms with Crippen LogP contribution in [0.15, 0.2) is 35.2 Å². The van der Waals surface area contributed by atoms with Gasteiger partial charge in [0.15, 0.2) is 0 Å². The van der Waals surface area contributed by atoms with Crippen molar-refractivity contribution in [2.75, 3.05) is 12.0 Å². The fraction of sp³-hybridized carbons (Fsp3) is 0.211. The minimum absolute atomic E-state index is 0.0231. The van der Waals surface area contributed by atoms with Crippen LogP contribution in [0, 0.1) is 11.6 Å². The number of thioether (sulfide) groups is 1. The van der Waals surface area contributed by atoms with Gasteiger partial charge in [-0.3, -0.25) is 9.59 Å². The van der Waals surface area contributed by atoms with E-state index in [0.717, 1.165) is 23.5 Å². The Bertz CT molecular complexity index is 1130. The molecule has 0 radical (unpaired) electrons. The molecular weight excluding hydrogens is 422 g/mol. The van der Waals surface area contributed by atoms with E-state index in [9.17, 15) is 18.4 Å². The Kier molecular flexibility index (Phi) is 5.13. The Morgan fingerprint density at radius 1 is 1.31 bits per heavy atom. The first-order valence-corrected chi connectivity index (χ1v) is 10.2. The predicted octanol–water partition coefficient (Wildman–Crippen LogP) is 4.07. The number of hydrogen-bond donors (Lipinski definition) is 1. The number of thiazole rings is 1. The van der Waals surface area contributed by atoms with Crippen LogP contribution in [0.1, 0.15) is 11.4 Å². The molecule has 150 valence electrons. The molecule has 2 heterocycles. The molecule has 6 nitrogen and oxygen atoms in total. The van der Waals surface area contributed by atoms with Gasteiger partial charge >= 0.3 is 5.97 Å². The molecule has 1 aliphatic rings. The van der Waals surface area contributed by atoms with E-state index in [4.69, 9.17) is 9.84 Å². The zero-order valence-corrected chi connectivity index (χ0v) is 16.7. The summed E-state index contributed by atoms with van der Waals surface area (Å²) in [4.78, 5) is 30.6. The van der Waals surface area contributed by atoms with Crippen molar-refractivity contribution in [2.45, 2.75) is 23.1 Å². The third-order valence-electron chi connectivity index (χ3n) is 4.38. The van der Waals surface area contributed by atoms with Crippen molar-refractivity contribution in [2.24, 2.45) is 0 Å². The van der Waals surface area contributed by atoms with Crippen molar-refractivity contribution in [3.8, 4) is 5.75 Å². The van der Waals surface area contributed by atoms with E-state index >= 15 is 0 Å². The number of halogens is 2. The molecule has 1 amide bonds. The van der Waals surface area contributed by atoms with Gasteiger partial charge in [0.25, 0.3) is 0 Å². The van der Waals surface area contributed by atoms with Gasteiger partial charge in [0.05, 0.1) is 41.2 Å². The minimum Gasteiger partial charge on any atom is -0.497 e. The Labute approximate surface area is 172 Å². The molecule has 0 aliphatic carbocycles. The number of anilines is 1. The van der Waals surface area contributed by atoms with Crippen molar-refractivity contribution in [3.05, 3.63) is 47.0 Å². The maximum atomic E-state index is 14.0. The highest BCUT2D eigenvalue weighted by molar-refractivity contribution is 8.01. The molecule has 0 bridgehead atoms. The fourth-order valence-corrected chi connectivity index (χ4v) is 5.28. The first-order valence-electron chi connectivity index (χ1n) is 8.48. The molecule has 1 aliphatic heterocycles. The summed E-state index contributed by atoms with van der Waals surface area (Å²) >= 11 is 2.20. The highest BCUT2D eigenvalue weighted by Crippen LogP contribution is 2.43. The number of rotatable bonds is 5. The first kappa shape index (κ1) is 19.6. The summed E-state index contributed by atoms with van der Waals surface area (Å²) in [6.45, 7) is 0.0231. The van der Waals surface area contributed by atoms with Gasteiger partial charge in [-0.25, -0.2) is 13.8 Å². The van der Waals surface area contributed by atoms with Crippen molar-refractivity contribution < 1.29 is 28.2 Å². The average Bonchev–Trinajstić information content (AvgIpc) is 3.07. The number of carbonyl (C=O) groups excluding carboxylic acids is 1. The van der Waals surface area contributed by atoms with Crippen molar-refractivity contribution in [1.82, 2.24) is 4.98 Å². The topological polar surface area (TPSA) is 79.7 Å². The van der Waals surface area contributed by atoms with E-state index < -0.39 is 22.9 Å². The van der Waals surface area contributed by atoms with Crippen molar-refractivity contribution in [1.29, 1.82) is 0 Å². The van der Waals surface area contributed by atoms with Gasteiger partial charge in [0.1, 0.15) is 22.4 Å². The Morgan fingerprint density at radius 3 is 2.83 bits per heavy atom. The van der Waals surface area contributed by atoms with Gasteiger partial charge in [-0.2, -0.15) is 0 Å². The number of carboxylic acids is 1. The van der Waals surface area contributed by atoms with Gasteiger partial charge in [-0.15, -0.1) is 23.1 Å². The summed E-state index contributed by atoms with van der Waals surface area (Å²) < 4.78 is 32.9. The summed E-state index contributed by atoms with van der Waals surface area (Å²) in [6.07, 6.45) is -0.337. The SMILES string of the molecule is COc1ccc2c(c1)SC(CC(=O)O)C(=O)N2Cc1nc2cc(F)cc(F)c2s1. The summed E-state index contributed by atoms with van der Waals surface area (Å²) in [7, 11) is 1.52. The van der Waals surface area contributed by atoms with E-state index in [2.05, 4.69) is 4.98 Å². The van der Waals surface area contributed by atoms with E-state index in [1.807, 2.05) is 0 Å². The normalized spacial score (nSPS) is 16.2. The standard InChI is InChI=1S/C19H14F2N2O4S2/c1-27-10-2-3-13-14(6-10)28-15(7-17(24)25)19(26)23(13)8-16-22-12-5-9(20)4-11(21)18(12)29-16/h2-6,15H,7-8H2,1H3,(H,24,25). The highest BCUT2D eigenvalue weighted by atomic mass is 32.2. The monoisotopic (exact) mass is 436 g/mol. The van der Waals surface area contributed by atoms with Crippen LogP contribution in [0.2, 0.25) is 0 Å². The third kappa shape index (κ3) is 3.77. The maximum absolute atomic E-state index is 14.0. The number of benzene rings is 2. The first-order chi connectivity index (χ1) is 13.9. The second-order valence-electron chi connectivity index (χ2n) is 6.31. The molecular formula is C19H14F2N2O4S2. The largest absolute Gasteiger partial charge is 0.497 e. The summed E-state index contributed by atoms with van der Waals surface area (Å²) in [6, 6.07) is 7.08. The van der Waals surface area contributed by atoms with Crippen LogP contribution in [0.25, 0.3) is 10.2 Å². The van der Waals surface area contributed by atoms with Crippen LogP contribution >= 0.6 is 23.1 Å². The van der Waals surface area contributed by atoms with Crippen LogP contribution in [0.5, 0.6) is 5.75 Å². The van der Waals surface area contributed by atoms with Gasteiger partial charge in [-0.1, -0.05) is 0 Å². The molecule has 10 heteroatoms. The number of carbonyl (C=O) groups is 2. The lowest BCUT2D eigenvalue weighted by atomic mass is 10.2. The second kappa shape index (κ2) is 7.60. The molecule has 29 heavy (non-hydrogen) atoms. The van der Waals surface area contributed by atoms with Gasteiger partial charge in [0.2, 0.25) is 5.91 Å². The lowest BCUT2D eigenvalue weighted by Gasteiger charge is -2.32. The van der Waals surface area contributed by atoms with Crippen LogP contribution in [-0.2, 0) is 16.1 Å². The molecule has 4 rings (SSSR count). The summed E-state index contributed by atoms with van der Waals surface area (Å²) in [5.41, 5.74) is 0.770. The molecule has 0 spiro atoms. The number of ether oxygens (including phenoxy) is 1. The maximum Gasteiger partial charge on any atom is 0.305 e. The lowest BCUT2D eigenvalue weighted by Crippen LogP contribution is -2.41. The predicted molar refractivity (Wildman–Crippen MR) is 106 cm³/mol. The summed E-state index contributed by atoms with van der Waals surface area (Å²) in [5.74, 6) is -2.31. The number of methoxy groups -OCH3 is 1. The number of fused-ring (bicyclic) bond motifs is 2. The number of hydrogen-bond acceptors (Lipinski definition) is 6. The number of amides is 1. The number of nitrogens with zero attached hydrogens (tertiary/aromatic N) is 2. The number of carboxylic acid groups (broad SMARTS) is 1. The van der Waals surface area contributed by atoms with Gasteiger partial charge in [-0.05, 0) is 18.2 Å². The summed E-state index contributed by atoms with van der Waals surface area (Å²) in [5, 5.41) is 8.77. The Balaban J connectivity index is 1.74. The molecule has 1 aromatic heterocycles. The van der Waals surface area contributed by atoms with E-state index in [-0.39, 0.29) is 29.1 Å². The van der Waals surface area contributed by atoms with Gasteiger partial charge in [0, 0.05) is 17.0 Å². The van der Waals surface area contributed by atoms with E-state index in [1.54, 1.807) is 18.2 Å². The zero-order chi connectivity index (χ0) is 20.7. The zero-order valence-electron chi connectivity index (χ0n) is 15.0. The molecule has 2 aromatic carbocycles. The minimum atomic E-state index is -1.08. The third-order valence-corrected chi connectivity index (χ3v) is 6.67. The molecule has 1 atom stereocenters. The fourth-order valence-electron chi connectivity index (χ4n) is 3.09. The van der Waals surface area contributed by atoms with Crippen LogP contribution in [0.4, 0.5) is 14.5 Å². The van der Waals surface area contributed by atoms with E-state index in [0.29, 0.717) is 21.3 Å². The van der Waals surface area contributed by atoms with Gasteiger partial charge < -0.3 is 14.7 Å². The Morgan fingerprint density at radius 2 is 2.10 bits per heavy atom. The number of aromatic nitrogens is 1. The molecule has 1 N–H and O–H groups in total. The molecule has 0 fully saturated rings. The highest BCUT2D eigenvalue weighted by Gasteiger charge is 2.35. The Hall–Kier alpha value is -2.72. The van der Waals surface area contributed by atoms with Crippen molar-refractivity contribution in [3.63, 3.8) is 0 Å². The van der Waals surface area contributed by atoms with E-state index in [1.165, 1.54) is 23.8 Å². The molecule has 3 aromatic rings. The molecule has 1 unspecified atom stereocenters. The number of aliphatic carboxylic acids is 1. The van der Waals surface area contributed by atoms with Crippen LogP contribution in [0.3, 0.4) is 0 Å². The molecule has 0 saturated carbocycles.